The third-order valence-corrected chi connectivity index (χ3v) is 6.08. The quantitative estimate of drug-likeness (QED) is 0.641. The number of amides is 1. The number of rotatable bonds is 4. The highest BCUT2D eigenvalue weighted by atomic mass is 16.2. The molecule has 3 aromatic rings. The van der Waals surface area contributed by atoms with Gasteiger partial charge in [0, 0.05) is 43.4 Å². The Morgan fingerprint density at radius 2 is 1.61 bits per heavy atom. The smallest absolute Gasteiger partial charge is 0.246 e. The number of carbonyl (C=O) groups excluding carboxylic acids is 1. The lowest BCUT2D eigenvalue weighted by atomic mass is 9.94. The van der Waals surface area contributed by atoms with Gasteiger partial charge >= 0.3 is 0 Å². The molecular weight excluding hydrogens is 386 g/mol. The molecule has 0 saturated carbocycles. The monoisotopic (exact) mass is 411 g/mol. The van der Waals surface area contributed by atoms with Crippen molar-refractivity contribution in [3.63, 3.8) is 0 Å². The Balaban J connectivity index is 1.25. The maximum Gasteiger partial charge on any atom is 0.246 e. The second-order valence-corrected chi connectivity index (χ2v) is 8.01. The van der Waals surface area contributed by atoms with Crippen molar-refractivity contribution in [3.8, 4) is 11.3 Å². The number of carbonyl (C=O) groups is 1. The zero-order valence-corrected chi connectivity index (χ0v) is 17.3. The van der Waals surface area contributed by atoms with E-state index in [9.17, 15) is 4.79 Å². The molecule has 1 unspecified atom stereocenters. The Hall–Kier alpha value is -3.54. The zero-order chi connectivity index (χ0) is 21.0. The average Bonchev–Trinajstić information content (AvgIpc) is 3.35. The van der Waals surface area contributed by atoms with Crippen LogP contribution in [0, 0.1) is 5.92 Å². The van der Waals surface area contributed by atoms with Gasteiger partial charge in [-0.15, -0.1) is 0 Å². The van der Waals surface area contributed by atoms with E-state index in [0.717, 1.165) is 55.1 Å². The maximum absolute atomic E-state index is 13.2. The highest BCUT2D eigenvalue weighted by molar-refractivity contribution is 5.82. The molecule has 1 saturated heterocycles. The van der Waals surface area contributed by atoms with E-state index >= 15 is 0 Å². The number of hydrogen-bond donors (Lipinski definition) is 0. The fourth-order valence-electron chi connectivity index (χ4n) is 4.36. The Morgan fingerprint density at radius 1 is 0.903 bits per heavy atom. The lowest BCUT2D eigenvalue weighted by Gasteiger charge is -2.33. The van der Waals surface area contributed by atoms with Crippen molar-refractivity contribution in [2.75, 3.05) is 18.0 Å². The van der Waals surface area contributed by atoms with E-state index in [1.165, 1.54) is 0 Å². The molecule has 0 radical (unpaired) electrons. The van der Waals surface area contributed by atoms with Crippen molar-refractivity contribution >= 4 is 18.1 Å². The molecule has 2 aliphatic heterocycles. The summed E-state index contributed by atoms with van der Waals surface area (Å²) < 4.78 is 0. The largest absolute Gasteiger partial charge is 0.341 e. The molecule has 6 nitrogen and oxygen atoms in total. The minimum absolute atomic E-state index is 0.0117. The van der Waals surface area contributed by atoms with E-state index in [0.29, 0.717) is 0 Å². The molecule has 1 fully saturated rings. The summed E-state index contributed by atoms with van der Waals surface area (Å²) in [7, 11) is 0. The summed E-state index contributed by atoms with van der Waals surface area (Å²) >= 11 is 0. The van der Waals surface area contributed by atoms with Gasteiger partial charge in [0.2, 0.25) is 11.9 Å². The van der Waals surface area contributed by atoms with Gasteiger partial charge in [0.1, 0.15) is 0 Å². The first-order chi connectivity index (χ1) is 15.3. The topological polar surface area (TPSA) is 61.7 Å². The van der Waals surface area contributed by atoms with E-state index in [1.807, 2.05) is 54.9 Å². The van der Waals surface area contributed by atoms with Gasteiger partial charge in [-0.2, -0.15) is 5.10 Å². The van der Waals surface area contributed by atoms with Crippen LogP contribution in [0.15, 0.2) is 78.0 Å². The minimum Gasteiger partial charge on any atom is -0.341 e. The molecule has 3 heterocycles. The van der Waals surface area contributed by atoms with Gasteiger partial charge in [-0.1, -0.05) is 60.7 Å². The summed E-state index contributed by atoms with van der Waals surface area (Å²) in [5.74, 6) is 0.838. The van der Waals surface area contributed by atoms with Crippen molar-refractivity contribution in [1.29, 1.82) is 0 Å². The molecule has 5 rings (SSSR count). The van der Waals surface area contributed by atoms with Crippen molar-refractivity contribution in [3.05, 3.63) is 78.5 Å². The van der Waals surface area contributed by atoms with Crippen LogP contribution in [-0.2, 0) is 4.79 Å². The highest BCUT2D eigenvalue weighted by Crippen LogP contribution is 2.32. The van der Waals surface area contributed by atoms with Crippen LogP contribution in [0.3, 0.4) is 0 Å². The van der Waals surface area contributed by atoms with Gasteiger partial charge in [0.05, 0.1) is 11.7 Å². The van der Waals surface area contributed by atoms with Crippen LogP contribution in [0.1, 0.15) is 30.9 Å². The SMILES string of the molecule is O=C(C1CCN(c2nccc(-c3ccccc3)n2)CC1)N1N=CCC1c1ccccc1. The lowest BCUT2D eigenvalue weighted by Crippen LogP contribution is -2.41. The summed E-state index contributed by atoms with van der Waals surface area (Å²) in [5.41, 5.74) is 3.13. The predicted octanol–water partition coefficient (Wildman–Crippen LogP) is 4.32. The van der Waals surface area contributed by atoms with Crippen LogP contribution in [0.25, 0.3) is 11.3 Å². The molecule has 156 valence electrons. The zero-order valence-electron chi connectivity index (χ0n) is 17.3. The maximum atomic E-state index is 13.2. The third-order valence-electron chi connectivity index (χ3n) is 6.08. The van der Waals surface area contributed by atoms with Crippen molar-refractivity contribution in [2.45, 2.75) is 25.3 Å². The summed E-state index contributed by atoms with van der Waals surface area (Å²) in [6.45, 7) is 1.53. The predicted molar refractivity (Wildman–Crippen MR) is 122 cm³/mol. The first-order valence-electron chi connectivity index (χ1n) is 10.8. The van der Waals surface area contributed by atoms with Crippen LogP contribution >= 0.6 is 0 Å². The van der Waals surface area contributed by atoms with E-state index in [2.05, 4.69) is 39.3 Å². The van der Waals surface area contributed by atoms with Crippen LogP contribution in [0.2, 0.25) is 0 Å². The molecule has 1 aromatic heterocycles. The van der Waals surface area contributed by atoms with Crippen LogP contribution < -0.4 is 4.90 Å². The Labute approximate surface area is 182 Å². The number of hydrogen-bond acceptors (Lipinski definition) is 5. The minimum atomic E-state index is -0.0185. The molecule has 6 heteroatoms. The number of benzene rings is 2. The van der Waals surface area contributed by atoms with E-state index in [-0.39, 0.29) is 17.9 Å². The molecule has 0 spiro atoms. The van der Waals surface area contributed by atoms with Gasteiger partial charge in [0.15, 0.2) is 0 Å². The Bertz CT molecular complexity index is 1060. The molecule has 1 atom stereocenters. The second-order valence-electron chi connectivity index (χ2n) is 8.01. The van der Waals surface area contributed by atoms with Crippen LogP contribution in [0.5, 0.6) is 0 Å². The Kier molecular flexibility index (Phi) is 5.44. The van der Waals surface area contributed by atoms with Gasteiger partial charge < -0.3 is 4.90 Å². The summed E-state index contributed by atoms with van der Waals surface area (Å²) in [5, 5.41) is 6.11. The fraction of sp³-hybridized carbons (Fsp3) is 0.280. The number of piperidine rings is 1. The lowest BCUT2D eigenvalue weighted by molar-refractivity contribution is -0.138. The van der Waals surface area contributed by atoms with Gasteiger partial charge in [-0.05, 0) is 24.5 Å². The van der Waals surface area contributed by atoms with Crippen molar-refractivity contribution in [1.82, 2.24) is 15.0 Å². The second kappa shape index (κ2) is 8.68. The first-order valence-corrected chi connectivity index (χ1v) is 10.8. The molecule has 0 bridgehead atoms. The van der Waals surface area contributed by atoms with Crippen LogP contribution in [0.4, 0.5) is 5.95 Å². The molecule has 0 N–H and O–H groups in total. The number of anilines is 1. The average molecular weight is 412 g/mol. The first kappa shape index (κ1) is 19.4. The van der Waals surface area contributed by atoms with E-state index in [1.54, 1.807) is 5.01 Å². The summed E-state index contributed by atoms with van der Waals surface area (Å²) in [4.78, 5) is 24.7. The van der Waals surface area contributed by atoms with Crippen molar-refractivity contribution in [2.24, 2.45) is 11.0 Å². The van der Waals surface area contributed by atoms with Gasteiger partial charge in [-0.3, -0.25) is 4.79 Å². The van der Waals surface area contributed by atoms with Crippen LogP contribution in [-0.4, -0.2) is 40.2 Å². The van der Waals surface area contributed by atoms with Gasteiger partial charge in [0.25, 0.3) is 0 Å². The highest BCUT2D eigenvalue weighted by Gasteiger charge is 2.35. The molecular formula is C25H25N5O. The van der Waals surface area contributed by atoms with E-state index in [4.69, 9.17) is 4.98 Å². The van der Waals surface area contributed by atoms with Gasteiger partial charge in [-0.25, -0.2) is 15.0 Å². The fourth-order valence-corrected chi connectivity index (χ4v) is 4.36. The Morgan fingerprint density at radius 3 is 2.35 bits per heavy atom. The molecule has 31 heavy (non-hydrogen) atoms. The summed E-state index contributed by atoms with van der Waals surface area (Å²) in [6, 6.07) is 22.2. The third kappa shape index (κ3) is 4.06. The molecule has 2 aromatic carbocycles. The molecule has 2 aliphatic rings. The summed E-state index contributed by atoms with van der Waals surface area (Å²) in [6.07, 6.45) is 6.00. The molecule has 1 amide bonds. The molecule has 0 aliphatic carbocycles. The number of nitrogens with zero attached hydrogens (tertiary/aromatic N) is 5. The van der Waals surface area contributed by atoms with E-state index < -0.39 is 0 Å². The normalized spacial score (nSPS) is 19.0. The number of aromatic nitrogens is 2. The van der Waals surface area contributed by atoms with Crippen molar-refractivity contribution < 1.29 is 4.79 Å². The number of hydrazone groups is 1. The standard InChI is InChI=1S/C25H25N5O/c31-24(30-23(12-16-27-30)20-9-5-2-6-10-20)21-13-17-29(18-14-21)25-26-15-11-22(28-25)19-7-3-1-4-8-19/h1-11,15-16,21,23H,12-14,17-18H2.